The fraction of sp³-hybridized carbons (Fsp3) is 0.130. The third-order valence-electron chi connectivity index (χ3n) is 4.49. The first-order valence-corrected chi connectivity index (χ1v) is 10.5. The van der Waals surface area contributed by atoms with Crippen LogP contribution in [0.4, 0.5) is 0 Å². The van der Waals surface area contributed by atoms with E-state index >= 15 is 0 Å². The molecule has 0 saturated carbocycles. The van der Waals surface area contributed by atoms with Gasteiger partial charge in [0.05, 0.1) is 6.16 Å². The van der Waals surface area contributed by atoms with E-state index in [2.05, 4.69) is 97.6 Å². The summed E-state index contributed by atoms with van der Waals surface area (Å²) in [6, 6.07) is 33.2. The lowest BCUT2D eigenvalue weighted by Gasteiger charge is -2.27. The van der Waals surface area contributed by atoms with Gasteiger partial charge in [-0.05, 0) is 49.2 Å². The Kier molecular flexibility index (Phi) is 7.62. The average Bonchev–Trinajstić information content (AvgIpc) is 2.68. The first-order chi connectivity index (χ1) is 11.9. The van der Waals surface area contributed by atoms with E-state index in [0.717, 1.165) is 12.8 Å². The molecule has 25 heavy (non-hydrogen) atoms. The summed E-state index contributed by atoms with van der Waals surface area (Å²) in [5, 5.41) is 4.39. The zero-order valence-electron chi connectivity index (χ0n) is 14.4. The molecule has 3 aromatic rings. The molecular weight excluding hydrogens is 387 g/mol. The van der Waals surface area contributed by atoms with Gasteiger partial charge in [-0.2, -0.15) is 0 Å². The Morgan fingerprint density at radius 3 is 1.32 bits per heavy atom. The van der Waals surface area contributed by atoms with Crippen LogP contribution in [-0.4, -0.2) is 6.16 Å². The van der Waals surface area contributed by atoms with E-state index in [1.807, 2.05) is 6.08 Å². The van der Waals surface area contributed by atoms with Crippen LogP contribution < -0.4 is 32.9 Å². The van der Waals surface area contributed by atoms with Gasteiger partial charge < -0.3 is 17.0 Å². The summed E-state index contributed by atoms with van der Waals surface area (Å²) in [5.74, 6) is 0. The molecule has 2 heteroatoms. The molecule has 0 aromatic heterocycles. The van der Waals surface area contributed by atoms with E-state index in [1.54, 1.807) is 0 Å². The monoisotopic (exact) mass is 410 g/mol. The molecule has 0 bridgehead atoms. The topological polar surface area (TPSA) is 0 Å². The molecule has 3 aromatic carbocycles. The summed E-state index contributed by atoms with van der Waals surface area (Å²) >= 11 is 0. The number of hydrogen-bond donors (Lipinski definition) is 0. The van der Waals surface area contributed by atoms with E-state index < -0.39 is 7.26 Å². The Morgan fingerprint density at radius 2 is 1.00 bits per heavy atom. The van der Waals surface area contributed by atoms with Gasteiger partial charge in [-0.1, -0.05) is 60.7 Å². The lowest BCUT2D eigenvalue weighted by molar-refractivity contribution is -0.00000468. The Labute approximate surface area is 162 Å². The van der Waals surface area contributed by atoms with Gasteiger partial charge >= 0.3 is 0 Å². The molecule has 0 spiro atoms. The van der Waals surface area contributed by atoms with Crippen molar-refractivity contribution in [2.45, 2.75) is 12.8 Å². The molecule has 0 saturated heterocycles. The predicted molar refractivity (Wildman–Crippen MR) is 109 cm³/mol. The van der Waals surface area contributed by atoms with Gasteiger partial charge in [0.15, 0.2) is 0 Å². The zero-order valence-corrected chi connectivity index (χ0v) is 16.9. The van der Waals surface area contributed by atoms with Gasteiger partial charge in [-0.15, -0.1) is 6.58 Å². The summed E-state index contributed by atoms with van der Waals surface area (Å²) in [6.07, 6.45) is 5.44. The molecule has 0 fully saturated rings. The van der Waals surface area contributed by atoms with Crippen LogP contribution in [0.1, 0.15) is 12.8 Å². The smallest absolute Gasteiger partial charge is 0.112 e. The minimum Gasteiger partial charge on any atom is -1.00 e. The molecule has 0 heterocycles. The second-order valence-electron chi connectivity index (χ2n) is 5.97. The second-order valence-corrected chi connectivity index (χ2v) is 9.59. The normalized spacial score (nSPS) is 10.7. The standard InChI is InChI=1S/C23H24P.BrH/c1-2-3-13-20-24(21-14-7-4-8-15-21,22-16-9-5-10-17-22)23-18-11-6-12-19-23;/h2,4-12,14-19H,1,3,13,20H2;1H/q+1;/p-1. The third kappa shape index (κ3) is 4.29. The summed E-state index contributed by atoms with van der Waals surface area (Å²) in [4.78, 5) is 0. The molecule has 0 aliphatic carbocycles. The van der Waals surface area contributed by atoms with Gasteiger partial charge in [-0.3, -0.25) is 0 Å². The van der Waals surface area contributed by atoms with E-state index in [0.29, 0.717) is 0 Å². The molecule has 0 N–H and O–H groups in total. The summed E-state index contributed by atoms with van der Waals surface area (Å²) in [7, 11) is -1.63. The Morgan fingerprint density at radius 1 is 0.640 bits per heavy atom. The van der Waals surface area contributed by atoms with E-state index in [9.17, 15) is 0 Å². The third-order valence-corrected chi connectivity index (χ3v) is 9.02. The number of halogens is 1. The van der Waals surface area contributed by atoms with Crippen LogP contribution in [-0.2, 0) is 0 Å². The molecule has 0 nitrogen and oxygen atoms in total. The minimum atomic E-state index is -1.63. The van der Waals surface area contributed by atoms with Crippen molar-refractivity contribution in [1.29, 1.82) is 0 Å². The van der Waals surface area contributed by atoms with Gasteiger partial charge in [0.25, 0.3) is 0 Å². The highest BCUT2D eigenvalue weighted by atomic mass is 79.9. The van der Waals surface area contributed by atoms with Crippen molar-refractivity contribution >= 4 is 23.2 Å². The first kappa shape index (κ1) is 19.6. The quantitative estimate of drug-likeness (QED) is 0.317. The molecular formula is C23H24BrP. The number of benzene rings is 3. The molecule has 0 amide bonds. The van der Waals surface area contributed by atoms with Crippen molar-refractivity contribution in [3.63, 3.8) is 0 Å². The van der Waals surface area contributed by atoms with Gasteiger partial charge in [-0.25, -0.2) is 0 Å². The lowest BCUT2D eigenvalue weighted by Crippen LogP contribution is -3.00. The van der Waals surface area contributed by atoms with Gasteiger partial charge in [0.1, 0.15) is 23.2 Å². The van der Waals surface area contributed by atoms with E-state index in [1.165, 1.54) is 22.1 Å². The maximum absolute atomic E-state index is 3.91. The highest BCUT2D eigenvalue weighted by molar-refractivity contribution is 7.95. The molecule has 128 valence electrons. The highest BCUT2D eigenvalue weighted by Crippen LogP contribution is 2.55. The van der Waals surface area contributed by atoms with Crippen molar-refractivity contribution in [3.05, 3.63) is 104 Å². The number of unbranched alkanes of at least 4 members (excludes halogenated alkanes) is 1. The highest BCUT2D eigenvalue weighted by Gasteiger charge is 2.44. The average molecular weight is 411 g/mol. The van der Waals surface area contributed by atoms with E-state index in [-0.39, 0.29) is 17.0 Å². The fourth-order valence-electron chi connectivity index (χ4n) is 3.35. The number of rotatable bonds is 7. The Hall–Kier alpha value is -1.69. The van der Waals surface area contributed by atoms with Crippen molar-refractivity contribution in [2.75, 3.05) is 6.16 Å². The largest absolute Gasteiger partial charge is 1.00 e. The fourth-order valence-corrected chi connectivity index (χ4v) is 7.72. The molecule has 0 aliphatic rings. The Bertz CT molecular complexity index is 657. The van der Waals surface area contributed by atoms with Crippen LogP contribution in [0.15, 0.2) is 104 Å². The van der Waals surface area contributed by atoms with Crippen molar-refractivity contribution in [2.24, 2.45) is 0 Å². The zero-order chi connectivity index (χ0) is 16.7. The summed E-state index contributed by atoms with van der Waals surface area (Å²) < 4.78 is 0. The van der Waals surface area contributed by atoms with Gasteiger partial charge in [0.2, 0.25) is 0 Å². The van der Waals surface area contributed by atoms with E-state index in [4.69, 9.17) is 0 Å². The maximum Gasteiger partial charge on any atom is 0.112 e. The minimum absolute atomic E-state index is 0. The lowest BCUT2D eigenvalue weighted by atomic mass is 10.3. The maximum atomic E-state index is 3.91. The molecule has 0 aliphatic heterocycles. The van der Waals surface area contributed by atoms with Crippen LogP contribution >= 0.6 is 7.26 Å². The van der Waals surface area contributed by atoms with Crippen LogP contribution in [0.2, 0.25) is 0 Å². The first-order valence-electron chi connectivity index (χ1n) is 8.54. The SMILES string of the molecule is C=CCCC[P+](c1ccccc1)(c1ccccc1)c1ccccc1.[Br-]. The van der Waals surface area contributed by atoms with Crippen LogP contribution in [0.5, 0.6) is 0 Å². The van der Waals surface area contributed by atoms with Crippen molar-refractivity contribution < 1.29 is 17.0 Å². The molecule has 0 atom stereocenters. The molecule has 0 radical (unpaired) electrons. The Balaban J connectivity index is 0.00000225. The van der Waals surface area contributed by atoms with Crippen LogP contribution in [0.3, 0.4) is 0 Å². The number of allylic oxidation sites excluding steroid dienone is 1. The second kappa shape index (κ2) is 9.70. The van der Waals surface area contributed by atoms with Crippen LogP contribution in [0.25, 0.3) is 0 Å². The van der Waals surface area contributed by atoms with Gasteiger partial charge in [0, 0.05) is 0 Å². The van der Waals surface area contributed by atoms with Crippen molar-refractivity contribution in [1.82, 2.24) is 0 Å². The predicted octanol–water partition coefficient (Wildman–Crippen LogP) is 1.95. The van der Waals surface area contributed by atoms with Crippen molar-refractivity contribution in [3.8, 4) is 0 Å². The molecule has 3 rings (SSSR count). The summed E-state index contributed by atoms with van der Waals surface area (Å²) in [6.45, 7) is 3.91. The molecule has 0 unspecified atom stereocenters. The summed E-state index contributed by atoms with van der Waals surface area (Å²) in [5.41, 5.74) is 0. The number of hydrogen-bond acceptors (Lipinski definition) is 0. The van der Waals surface area contributed by atoms with Crippen LogP contribution in [0, 0.1) is 0 Å².